The van der Waals surface area contributed by atoms with Gasteiger partial charge in [-0.1, -0.05) is 54.0 Å². The molecule has 0 radical (unpaired) electrons. The molecule has 1 unspecified atom stereocenters. The number of halogens is 3. The summed E-state index contributed by atoms with van der Waals surface area (Å²) >= 11 is 0. The summed E-state index contributed by atoms with van der Waals surface area (Å²) in [6.07, 6.45) is 5.14. The van der Waals surface area contributed by atoms with Crippen molar-refractivity contribution in [3.05, 3.63) is 12.3 Å². The highest BCUT2D eigenvalue weighted by Gasteiger charge is 2.55. The Morgan fingerprint density at radius 3 is 2.37 bits per heavy atom. The van der Waals surface area contributed by atoms with Crippen LogP contribution in [0.15, 0.2) is 12.3 Å². The van der Waals surface area contributed by atoms with Crippen molar-refractivity contribution in [1.82, 2.24) is 0 Å². The third kappa shape index (κ3) is 7.46. The van der Waals surface area contributed by atoms with E-state index in [0.29, 0.717) is 25.9 Å². The second kappa shape index (κ2) is 11.0. The van der Waals surface area contributed by atoms with Crippen LogP contribution in [0.25, 0.3) is 0 Å². The van der Waals surface area contributed by atoms with Gasteiger partial charge in [-0.15, -0.1) is 0 Å². The summed E-state index contributed by atoms with van der Waals surface area (Å²) in [6.45, 7) is 18.5. The van der Waals surface area contributed by atoms with Crippen molar-refractivity contribution in [3.63, 3.8) is 0 Å². The van der Waals surface area contributed by atoms with E-state index in [1.165, 1.54) is 0 Å². The lowest BCUT2D eigenvalue weighted by Crippen LogP contribution is -2.55. The van der Waals surface area contributed by atoms with Crippen LogP contribution in [0.4, 0.5) is 13.2 Å². The van der Waals surface area contributed by atoms with E-state index >= 15 is 0 Å². The second-order valence-corrected chi connectivity index (χ2v) is 18.0. The smallest absolute Gasteiger partial charge is 0.414 e. The first-order chi connectivity index (χ1) is 15.8. The van der Waals surface area contributed by atoms with Crippen LogP contribution in [0.3, 0.4) is 0 Å². The summed E-state index contributed by atoms with van der Waals surface area (Å²) in [5, 5.41) is 0.0296. The van der Waals surface area contributed by atoms with Gasteiger partial charge in [-0.05, 0) is 43.8 Å². The number of alkyl halides is 3. The minimum absolute atomic E-state index is 0.0296. The Hall–Kier alpha value is -0.623. The molecule has 0 amide bonds. The molecule has 2 aliphatic rings. The van der Waals surface area contributed by atoms with Crippen molar-refractivity contribution in [2.75, 3.05) is 6.61 Å². The summed E-state index contributed by atoms with van der Waals surface area (Å²) in [7, 11) is -7.80. The van der Waals surface area contributed by atoms with Crippen molar-refractivity contribution in [2.45, 2.75) is 127 Å². The van der Waals surface area contributed by atoms with Crippen molar-refractivity contribution in [2.24, 2.45) is 5.92 Å². The Labute approximate surface area is 210 Å². The van der Waals surface area contributed by atoms with Crippen molar-refractivity contribution >= 4 is 18.4 Å². The molecule has 0 aromatic rings. The zero-order valence-electron chi connectivity index (χ0n) is 22.2. The Bertz CT molecular complexity index is 839. The first-order valence-electron chi connectivity index (χ1n) is 12.5. The largest absolute Gasteiger partial charge is 0.534 e. The normalized spacial score (nSPS) is 29.0. The summed E-state index contributed by atoms with van der Waals surface area (Å²) in [4.78, 5) is 0. The van der Waals surface area contributed by atoms with Crippen LogP contribution >= 0.6 is 0 Å². The number of hydrogen-bond donors (Lipinski definition) is 0. The molecule has 0 bridgehead atoms. The van der Waals surface area contributed by atoms with E-state index in [-0.39, 0.29) is 23.4 Å². The Kier molecular flexibility index (Phi) is 9.62. The predicted molar refractivity (Wildman–Crippen MR) is 132 cm³/mol. The second-order valence-electron chi connectivity index (χ2n) is 11.6. The molecule has 2 rings (SSSR count). The highest BCUT2D eigenvalue weighted by atomic mass is 32.2. The van der Waals surface area contributed by atoms with Gasteiger partial charge in [0.25, 0.3) is 0 Å². The highest BCUT2D eigenvalue weighted by molar-refractivity contribution is 7.87. The maximum Gasteiger partial charge on any atom is 0.534 e. The third-order valence-electron chi connectivity index (χ3n) is 7.70. The number of allylic oxidation sites excluding steroid dienone is 1. The van der Waals surface area contributed by atoms with Crippen LogP contribution in [0.2, 0.25) is 18.1 Å². The van der Waals surface area contributed by atoms with Crippen molar-refractivity contribution in [3.8, 4) is 0 Å². The fraction of sp³-hybridized carbons (Fsp3) is 0.917. The standard InChI is InChI=1S/C24H43F3O6SSi/c1-9-10-11-20-15-23(16-30-35(7,8)22(4,5)6)21(31-20)13-12-19(32-23)14-17(2)18(3)33-34(28,29)24(25,26)27/h17,19-21H,3,9-16H2,1-2,4-8H3/t17-,19?,20+,21+,23-/m1/s1. The number of unbranched alkanes of at least 4 members (excludes halogenated alkanes) is 1. The van der Waals surface area contributed by atoms with Crippen molar-refractivity contribution < 1.29 is 39.7 Å². The minimum Gasteiger partial charge on any atom is -0.414 e. The minimum atomic E-state index is -5.74. The molecule has 2 saturated heterocycles. The predicted octanol–water partition coefficient (Wildman–Crippen LogP) is 6.68. The van der Waals surface area contributed by atoms with Gasteiger partial charge < -0.3 is 18.1 Å². The van der Waals surface area contributed by atoms with Gasteiger partial charge in [0.15, 0.2) is 8.32 Å². The Morgan fingerprint density at radius 1 is 1.20 bits per heavy atom. The summed E-state index contributed by atoms with van der Waals surface area (Å²) in [6, 6.07) is 0. The van der Waals surface area contributed by atoms with Gasteiger partial charge in [0, 0.05) is 12.3 Å². The van der Waals surface area contributed by atoms with E-state index in [0.717, 1.165) is 25.7 Å². The van der Waals surface area contributed by atoms with Gasteiger partial charge in [-0.3, -0.25) is 0 Å². The van der Waals surface area contributed by atoms with Gasteiger partial charge in [-0.25, -0.2) is 0 Å². The first-order valence-corrected chi connectivity index (χ1v) is 16.8. The SMILES string of the molecule is C=C(OS(=O)(=O)C(F)(F)F)[C@H](C)CC1CC[C@@H]2O[C@@H](CCCC)C[C@]2(CO[Si](C)(C)C(C)(C)C)O1. The van der Waals surface area contributed by atoms with Crippen LogP contribution in [-0.4, -0.2) is 52.8 Å². The number of fused-ring (bicyclic) bond motifs is 1. The fourth-order valence-electron chi connectivity index (χ4n) is 4.37. The van der Waals surface area contributed by atoms with Gasteiger partial charge in [0.05, 0.1) is 24.9 Å². The molecule has 35 heavy (non-hydrogen) atoms. The van der Waals surface area contributed by atoms with E-state index in [1.54, 1.807) is 6.92 Å². The Morgan fingerprint density at radius 2 is 1.83 bits per heavy atom. The van der Waals surface area contributed by atoms with Crippen LogP contribution in [0.5, 0.6) is 0 Å². The van der Waals surface area contributed by atoms with Gasteiger partial charge in [-0.2, -0.15) is 21.6 Å². The quantitative estimate of drug-likeness (QED) is 0.125. The van der Waals surface area contributed by atoms with Gasteiger partial charge in [0.1, 0.15) is 11.4 Å². The molecular weight excluding hydrogens is 501 g/mol. The van der Waals surface area contributed by atoms with Gasteiger partial charge >= 0.3 is 15.6 Å². The van der Waals surface area contributed by atoms with Crippen LogP contribution in [0.1, 0.15) is 79.6 Å². The van der Waals surface area contributed by atoms with E-state index < -0.39 is 41.2 Å². The van der Waals surface area contributed by atoms with Crippen LogP contribution in [-0.2, 0) is 28.2 Å². The molecule has 6 nitrogen and oxygen atoms in total. The topological polar surface area (TPSA) is 71.1 Å². The molecule has 0 N–H and O–H groups in total. The molecule has 0 spiro atoms. The number of hydrogen-bond acceptors (Lipinski definition) is 6. The molecular formula is C24H43F3O6SSi. The van der Waals surface area contributed by atoms with E-state index in [1.807, 2.05) is 0 Å². The van der Waals surface area contributed by atoms with Crippen molar-refractivity contribution in [1.29, 1.82) is 0 Å². The third-order valence-corrected chi connectivity index (χ3v) is 13.2. The molecule has 11 heteroatoms. The lowest BCUT2D eigenvalue weighted by Gasteiger charge is -2.45. The molecule has 2 fully saturated rings. The van der Waals surface area contributed by atoms with E-state index in [2.05, 4.69) is 51.6 Å². The molecule has 206 valence electrons. The molecule has 0 saturated carbocycles. The van der Waals surface area contributed by atoms with E-state index in [9.17, 15) is 21.6 Å². The molecule has 2 aliphatic heterocycles. The highest BCUT2D eigenvalue weighted by Crippen LogP contribution is 2.46. The lowest BCUT2D eigenvalue weighted by atomic mass is 9.85. The molecule has 2 heterocycles. The van der Waals surface area contributed by atoms with Crippen LogP contribution in [0, 0.1) is 5.92 Å². The summed E-state index contributed by atoms with van der Waals surface area (Å²) in [5.41, 5.74) is -6.12. The maximum absolute atomic E-state index is 12.7. The number of rotatable bonds is 11. The molecule has 0 aromatic carbocycles. The summed E-state index contributed by atoms with van der Waals surface area (Å²) in [5.74, 6) is -1.09. The van der Waals surface area contributed by atoms with Crippen LogP contribution < -0.4 is 0 Å². The monoisotopic (exact) mass is 544 g/mol. The average molecular weight is 545 g/mol. The fourth-order valence-corrected chi connectivity index (χ4v) is 5.95. The molecule has 0 aromatic heterocycles. The first kappa shape index (κ1) is 30.6. The lowest BCUT2D eigenvalue weighted by molar-refractivity contribution is -0.183. The van der Waals surface area contributed by atoms with E-state index in [4.69, 9.17) is 13.9 Å². The summed E-state index contributed by atoms with van der Waals surface area (Å²) < 4.78 is 84.7. The Balaban J connectivity index is 2.14. The number of ether oxygens (including phenoxy) is 2. The zero-order valence-corrected chi connectivity index (χ0v) is 24.0. The molecule has 5 atom stereocenters. The zero-order chi connectivity index (χ0) is 26.9. The molecule has 0 aliphatic carbocycles. The maximum atomic E-state index is 12.7. The van der Waals surface area contributed by atoms with Gasteiger partial charge in [0.2, 0.25) is 0 Å². The average Bonchev–Trinajstić information content (AvgIpc) is 3.07.